The van der Waals surface area contributed by atoms with E-state index in [2.05, 4.69) is 16.0 Å². The van der Waals surface area contributed by atoms with Gasteiger partial charge in [-0.1, -0.05) is 6.07 Å². The van der Waals surface area contributed by atoms with Crippen molar-refractivity contribution >= 4 is 21.7 Å². The molecule has 2 heterocycles. The molecule has 0 N–H and O–H groups in total. The highest BCUT2D eigenvalue weighted by Crippen LogP contribution is 2.21. The Morgan fingerprint density at radius 2 is 2.14 bits per heavy atom. The molecule has 2 heteroatoms. The van der Waals surface area contributed by atoms with Gasteiger partial charge in [0.05, 0.1) is 5.52 Å². The van der Waals surface area contributed by atoms with Crippen LogP contribution in [0.25, 0.3) is 21.7 Å². The fourth-order valence-electron chi connectivity index (χ4n) is 1.63. The first kappa shape index (κ1) is 7.44. The van der Waals surface area contributed by atoms with Gasteiger partial charge in [0.15, 0.2) is 0 Å². The zero-order chi connectivity index (χ0) is 9.38. The molecule has 0 atom stereocenters. The molecule has 0 fully saturated rings. The van der Waals surface area contributed by atoms with Crippen molar-refractivity contribution < 1.29 is 0 Å². The predicted molar refractivity (Wildman–Crippen MR) is 55.9 cm³/mol. The summed E-state index contributed by atoms with van der Waals surface area (Å²) in [6.45, 7) is 0. The Hall–Kier alpha value is -1.96. The molecule has 0 unspecified atom stereocenters. The number of hydrogen-bond acceptors (Lipinski definition) is 2. The number of pyridine rings is 2. The van der Waals surface area contributed by atoms with Crippen molar-refractivity contribution in [3.63, 3.8) is 0 Å². The zero-order valence-corrected chi connectivity index (χ0v) is 7.44. The molecule has 65 valence electrons. The highest BCUT2D eigenvalue weighted by Gasteiger charge is 1.99. The van der Waals surface area contributed by atoms with E-state index in [4.69, 9.17) is 0 Å². The molecule has 0 amide bonds. The van der Waals surface area contributed by atoms with Crippen molar-refractivity contribution in [1.29, 1.82) is 0 Å². The highest BCUT2D eigenvalue weighted by atomic mass is 14.7. The zero-order valence-electron chi connectivity index (χ0n) is 7.44. The van der Waals surface area contributed by atoms with Crippen LogP contribution in [0.4, 0.5) is 0 Å². The lowest BCUT2D eigenvalue weighted by Crippen LogP contribution is -1.81. The van der Waals surface area contributed by atoms with Gasteiger partial charge in [0, 0.05) is 34.7 Å². The molecule has 3 rings (SSSR count). The summed E-state index contributed by atoms with van der Waals surface area (Å²) in [7, 11) is 0. The van der Waals surface area contributed by atoms with E-state index in [0.717, 1.165) is 21.7 Å². The van der Waals surface area contributed by atoms with E-state index >= 15 is 0 Å². The van der Waals surface area contributed by atoms with Crippen LogP contribution in [-0.4, -0.2) is 9.97 Å². The molecule has 2 aromatic heterocycles. The Kier molecular flexibility index (Phi) is 1.47. The van der Waals surface area contributed by atoms with E-state index in [1.165, 1.54) is 0 Å². The van der Waals surface area contributed by atoms with Crippen LogP contribution in [0, 0.1) is 6.07 Å². The van der Waals surface area contributed by atoms with Gasteiger partial charge in [-0.15, -0.1) is 0 Å². The molecule has 0 aliphatic carbocycles. The van der Waals surface area contributed by atoms with Crippen molar-refractivity contribution in [2.24, 2.45) is 0 Å². The van der Waals surface area contributed by atoms with E-state index in [9.17, 15) is 0 Å². The Balaban J connectivity index is 2.61. The SMILES string of the molecule is [c]1cc2cnccc2c2ncccc12. The van der Waals surface area contributed by atoms with Gasteiger partial charge in [-0.2, -0.15) is 0 Å². The highest BCUT2D eigenvalue weighted by molar-refractivity contribution is 6.04. The summed E-state index contributed by atoms with van der Waals surface area (Å²) in [5, 5.41) is 3.26. The molecule has 2 nitrogen and oxygen atoms in total. The van der Waals surface area contributed by atoms with Gasteiger partial charge in [0.1, 0.15) is 0 Å². The number of aromatic nitrogens is 2. The van der Waals surface area contributed by atoms with Crippen LogP contribution in [0.5, 0.6) is 0 Å². The van der Waals surface area contributed by atoms with Gasteiger partial charge in [-0.25, -0.2) is 0 Å². The fourth-order valence-corrected chi connectivity index (χ4v) is 1.63. The first-order chi connectivity index (χ1) is 6.95. The van der Waals surface area contributed by atoms with Gasteiger partial charge in [-0.3, -0.25) is 9.97 Å². The summed E-state index contributed by atoms with van der Waals surface area (Å²) in [4.78, 5) is 8.42. The third-order valence-electron chi connectivity index (χ3n) is 2.30. The monoisotopic (exact) mass is 179 g/mol. The number of benzene rings is 1. The van der Waals surface area contributed by atoms with Crippen LogP contribution in [0.15, 0.2) is 42.9 Å². The molecule has 1 radical (unpaired) electrons. The standard InChI is InChI=1S/C12H7N2/c1-2-9-3-4-10-8-13-7-5-11(10)12(9)14-6-1/h1-2,4-8H. The van der Waals surface area contributed by atoms with Gasteiger partial charge in [-0.05, 0) is 24.3 Å². The van der Waals surface area contributed by atoms with Crippen LogP contribution < -0.4 is 0 Å². The van der Waals surface area contributed by atoms with Crippen LogP contribution in [0.2, 0.25) is 0 Å². The van der Waals surface area contributed by atoms with Crippen LogP contribution in [0.1, 0.15) is 0 Å². The maximum atomic E-state index is 4.35. The first-order valence-corrected chi connectivity index (χ1v) is 4.44. The minimum absolute atomic E-state index is 0.993. The Morgan fingerprint density at radius 1 is 1.14 bits per heavy atom. The van der Waals surface area contributed by atoms with Crippen LogP contribution >= 0.6 is 0 Å². The summed E-state index contributed by atoms with van der Waals surface area (Å²) in [5.41, 5.74) is 0.993. The third-order valence-corrected chi connectivity index (χ3v) is 2.30. The second kappa shape index (κ2) is 2.77. The normalized spacial score (nSPS) is 10.9. The number of hydrogen-bond donors (Lipinski definition) is 0. The van der Waals surface area contributed by atoms with Crippen molar-refractivity contribution in [3.05, 3.63) is 48.9 Å². The van der Waals surface area contributed by atoms with E-state index in [1.54, 1.807) is 12.4 Å². The van der Waals surface area contributed by atoms with Crippen molar-refractivity contribution in [3.8, 4) is 0 Å². The molecule has 0 saturated carbocycles. The third kappa shape index (κ3) is 0.973. The van der Waals surface area contributed by atoms with Gasteiger partial charge < -0.3 is 0 Å². The smallest absolute Gasteiger partial charge is 0.0787 e. The molecule has 14 heavy (non-hydrogen) atoms. The predicted octanol–water partition coefficient (Wildman–Crippen LogP) is 2.58. The second-order valence-corrected chi connectivity index (χ2v) is 3.15. The first-order valence-electron chi connectivity index (χ1n) is 4.44. The molecule has 1 aromatic carbocycles. The Morgan fingerprint density at radius 3 is 3.14 bits per heavy atom. The quantitative estimate of drug-likeness (QED) is 0.496. The molecular formula is C12H7N2. The largest absolute Gasteiger partial charge is 0.264 e. The topological polar surface area (TPSA) is 25.8 Å². The average molecular weight is 179 g/mol. The number of fused-ring (bicyclic) bond motifs is 3. The summed E-state index contributed by atoms with van der Waals surface area (Å²) in [6, 6.07) is 11.1. The average Bonchev–Trinajstić information content (AvgIpc) is 2.29. The number of nitrogens with zero attached hydrogens (tertiary/aromatic N) is 2. The summed E-state index contributed by atoms with van der Waals surface area (Å²) in [6.07, 6.45) is 5.42. The minimum atomic E-state index is 0.993. The lowest BCUT2D eigenvalue weighted by Gasteiger charge is -2.00. The number of rotatable bonds is 0. The molecule has 3 aromatic rings. The summed E-state index contributed by atoms with van der Waals surface area (Å²) >= 11 is 0. The minimum Gasteiger partial charge on any atom is -0.264 e. The van der Waals surface area contributed by atoms with Gasteiger partial charge in [0.25, 0.3) is 0 Å². The van der Waals surface area contributed by atoms with Crippen molar-refractivity contribution in [2.45, 2.75) is 0 Å². The second-order valence-electron chi connectivity index (χ2n) is 3.15. The lowest BCUT2D eigenvalue weighted by molar-refractivity contribution is 1.36. The summed E-state index contributed by atoms with van der Waals surface area (Å²) in [5.74, 6) is 0. The van der Waals surface area contributed by atoms with Gasteiger partial charge in [0.2, 0.25) is 0 Å². The van der Waals surface area contributed by atoms with E-state index in [-0.39, 0.29) is 0 Å². The molecular weight excluding hydrogens is 172 g/mol. The molecule has 0 aliphatic heterocycles. The Labute approximate surface area is 81.2 Å². The van der Waals surface area contributed by atoms with Crippen molar-refractivity contribution in [1.82, 2.24) is 9.97 Å². The molecule has 0 saturated heterocycles. The van der Waals surface area contributed by atoms with Crippen molar-refractivity contribution in [2.75, 3.05) is 0 Å². The maximum absolute atomic E-state index is 4.35. The van der Waals surface area contributed by atoms with Crippen LogP contribution in [-0.2, 0) is 0 Å². The maximum Gasteiger partial charge on any atom is 0.0787 e. The molecule has 0 aliphatic rings. The van der Waals surface area contributed by atoms with E-state index < -0.39 is 0 Å². The van der Waals surface area contributed by atoms with Crippen LogP contribution in [0.3, 0.4) is 0 Å². The lowest BCUT2D eigenvalue weighted by atomic mass is 10.1. The molecule has 0 spiro atoms. The summed E-state index contributed by atoms with van der Waals surface area (Å²) < 4.78 is 0. The van der Waals surface area contributed by atoms with E-state index in [0.29, 0.717) is 0 Å². The van der Waals surface area contributed by atoms with Gasteiger partial charge >= 0.3 is 0 Å². The Bertz CT molecular complexity index is 547. The fraction of sp³-hybridized carbons (Fsp3) is 0. The van der Waals surface area contributed by atoms with E-state index in [1.807, 2.05) is 30.5 Å². The molecule has 0 bridgehead atoms.